The summed E-state index contributed by atoms with van der Waals surface area (Å²) < 4.78 is 26.0. The van der Waals surface area contributed by atoms with Gasteiger partial charge in [-0.2, -0.15) is 9.40 Å². The Kier molecular flexibility index (Phi) is 3.48. The highest BCUT2D eigenvalue weighted by atomic mass is 32.2. The first kappa shape index (κ1) is 13.5. The summed E-state index contributed by atoms with van der Waals surface area (Å²) in [6, 6.07) is 1.48. The van der Waals surface area contributed by atoms with Gasteiger partial charge in [0.05, 0.1) is 6.20 Å². The Balaban J connectivity index is 2.15. The maximum atomic E-state index is 12.3. The van der Waals surface area contributed by atoms with Gasteiger partial charge in [-0.05, 0) is 39.4 Å². The molecule has 1 aromatic rings. The van der Waals surface area contributed by atoms with Crippen molar-refractivity contribution in [2.24, 2.45) is 0 Å². The molecule has 1 aliphatic rings. The topological polar surface area (TPSA) is 69.3 Å². The minimum Gasteiger partial charge on any atom is -0.302 e. The summed E-state index contributed by atoms with van der Waals surface area (Å²) in [7, 11) is 2.19. The molecule has 6 nitrogen and oxygen atoms in total. The second-order valence-corrected chi connectivity index (χ2v) is 7.17. The van der Waals surface area contributed by atoms with E-state index in [1.165, 1.54) is 16.6 Å². The third-order valence-corrected chi connectivity index (χ3v) is 5.65. The average molecular weight is 272 g/mol. The zero-order chi connectivity index (χ0) is 13.4. The van der Waals surface area contributed by atoms with Gasteiger partial charge in [0.15, 0.2) is 5.03 Å². The maximum absolute atomic E-state index is 12.3. The van der Waals surface area contributed by atoms with Crippen LogP contribution in [0.3, 0.4) is 0 Å². The van der Waals surface area contributed by atoms with Crippen molar-refractivity contribution in [2.75, 3.05) is 27.7 Å². The van der Waals surface area contributed by atoms with Crippen LogP contribution in [-0.4, -0.2) is 61.0 Å². The molecule has 1 saturated carbocycles. The molecule has 0 amide bonds. The van der Waals surface area contributed by atoms with E-state index in [1.54, 1.807) is 7.05 Å². The molecule has 1 heterocycles. The second-order valence-electron chi connectivity index (χ2n) is 5.15. The summed E-state index contributed by atoms with van der Waals surface area (Å²) in [5.74, 6) is 0. The minimum atomic E-state index is -3.45. The van der Waals surface area contributed by atoms with Gasteiger partial charge in [-0.3, -0.25) is 5.10 Å². The van der Waals surface area contributed by atoms with Crippen LogP contribution in [0, 0.1) is 0 Å². The van der Waals surface area contributed by atoms with Crippen LogP contribution in [-0.2, 0) is 10.0 Å². The lowest BCUT2D eigenvalue weighted by Gasteiger charge is -2.48. The summed E-state index contributed by atoms with van der Waals surface area (Å²) in [4.78, 5) is 2.13. The van der Waals surface area contributed by atoms with Crippen LogP contribution in [0.15, 0.2) is 17.3 Å². The molecule has 1 aromatic heterocycles. The van der Waals surface area contributed by atoms with Crippen LogP contribution in [0.5, 0.6) is 0 Å². The third kappa shape index (κ3) is 2.17. The summed E-state index contributed by atoms with van der Waals surface area (Å²) in [6.45, 7) is 0.515. The molecule has 102 valence electrons. The fraction of sp³-hybridized carbons (Fsp3) is 0.727. The minimum absolute atomic E-state index is 0.0121. The molecule has 1 aliphatic carbocycles. The van der Waals surface area contributed by atoms with Crippen LogP contribution < -0.4 is 0 Å². The second kappa shape index (κ2) is 4.64. The molecule has 18 heavy (non-hydrogen) atoms. The lowest BCUT2D eigenvalue weighted by atomic mass is 9.75. The van der Waals surface area contributed by atoms with Gasteiger partial charge in [-0.1, -0.05) is 0 Å². The molecule has 1 N–H and O–H groups in total. The highest BCUT2D eigenvalue weighted by molar-refractivity contribution is 7.89. The Labute approximate surface area is 108 Å². The molecule has 1 fully saturated rings. The number of nitrogens with zero attached hydrogens (tertiary/aromatic N) is 3. The fourth-order valence-corrected chi connectivity index (χ4v) is 3.53. The van der Waals surface area contributed by atoms with Gasteiger partial charge >= 0.3 is 0 Å². The van der Waals surface area contributed by atoms with E-state index in [0.717, 1.165) is 19.3 Å². The predicted octanol–water partition coefficient (Wildman–Crippen LogP) is 0.514. The summed E-state index contributed by atoms with van der Waals surface area (Å²) in [5.41, 5.74) is -0.0121. The summed E-state index contributed by atoms with van der Waals surface area (Å²) in [5, 5.41) is 6.36. The molecular weight excluding hydrogens is 252 g/mol. The van der Waals surface area contributed by atoms with Gasteiger partial charge < -0.3 is 4.90 Å². The summed E-state index contributed by atoms with van der Waals surface area (Å²) in [6.07, 6.45) is 4.70. The van der Waals surface area contributed by atoms with Crippen molar-refractivity contribution in [1.82, 2.24) is 19.4 Å². The first-order valence-electron chi connectivity index (χ1n) is 6.02. The number of aromatic amines is 1. The van der Waals surface area contributed by atoms with Crippen molar-refractivity contribution in [3.8, 4) is 0 Å². The van der Waals surface area contributed by atoms with E-state index in [4.69, 9.17) is 0 Å². The molecule has 0 atom stereocenters. The number of sulfonamides is 1. The number of hydrogen-bond acceptors (Lipinski definition) is 4. The monoisotopic (exact) mass is 272 g/mol. The number of rotatable bonds is 5. The maximum Gasteiger partial charge on any atom is 0.259 e. The standard InChI is InChI=1S/C11H20N4O2S/c1-14(2)11(6-4-7-11)9-15(3)18(16,17)10-5-8-12-13-10/h5,8H,4,6-7,9H2,1-3H3,(H,12,13). The Morgan fingerprint density at radius 3 is 2.44 bits per heavy atom. The molecule has 2 rings (SSSR count). The Bertz CT molecular complexity index is 491. The zero-order valence-electron chi connectivity index (χ0n) is 11.0. The lowest BCUT2D eigenvalue weighted by Crippen LogP contribution is -2.57. The van der Waals surface area contributed by atoms with Crippen molar-refractivity contribution in [3.05, 3.63) is 12.3 Å². The smallest absolute Gasteiger partial charge is 0.259 e. The van der Waals surface area contributed by atoms with E-state index < -0.39 is 10.0 Å². The van der Waals surface area contributed by atoms with E-state index in [-0.39, 0.29) is 10.6 Å². The largest absolute Gasteiger partial charge is 0.302 e. The SMILES string of the molecule is CN(C)C1(CN(C)S(=O)(=O)c2ccn[nH]2)CCC1. The van der Waals surface area contributed by atoms with Crippen LogP contribution in [0.4, 0.5) is 0 Å². The molecule has 0 saturated heterocycles. The Morgan fingerprint density at radius 1 is 1.39 bits per heavy atom. The third-order valence-electron chi connectivity index (χ3n) is 3.91. The van der Waals surface area contributed by atoms with Crippen LogP contribution in [0.1, 0.15) is 19.3 Å². The van der Waals surface area contributed by atoms with E-state index in [2.05, 4.69) is 15.1 Å². The number of H-pyrrole nitrogens is 1. The molecule has 0 unspecified atom stereocenters. The summed E-state index contributed by atoms with van der Waals surface area (Å²) >= 11 is 0. The fourth-order valence-electron chi connectivity index (χ4n) is 2.39. The number of likely N-dealkylation sites (N-methyl/N-ethyl adjacent to an activating group) is 2. The van der Waals surface area contributed by atoms with Crippen molar-refractivity contribution < 1.29 is 8.42 Å². The van der Waals surface area contributed by atoms with Gasteiger partial charge in [0.1, 0.15) is 0 Å². The van der Waals surface area contributed by atoms with Crippen molar-refractivity contribution in [2.45, 2.75) is 29.8 Å². The number of hydrogen-bond donors (Lipinski definition) is 1. The van der Waals surface area contributed by atoms with Gasteiger partial charge in [0.2, 0.25) is 0 Å². The first-order chi connectivity index (χ1) is 8.38. The highest BCUT2D eigenvalue weighted by Gasteiger charge is 2.42. The Hall–Kier alpha value is -0.920. The highest BCUT2D eigenvalue weighted by Crippen LogP contribution is 2.37. The van der Waals surface area contributed by atoms with Crippen molar-refractivity contribution in [1.29, 1.82) is 0 Å². The first-order valence-corrected chi connectivity index (χ1v) is 7.46. The zero-order valence-corrected chi connectivity index (χ0v) is 11.9. The van der Waals surface area contributed by atoms with E-state index in [9.17, 15) is 8.42 Å². The van der Waals surface area contributed by atoms with Gasteiger partial charge in [0, 0.05) is 19.1 Å². The molecule has 0 spiro atoms. The van der Waals surface area contributed by atoms with Gasteiger partial charge in [-0.25, -0.2) is 8.42 Å². The lowest BCUT2D eigenvalue weighted by molar-refractivity contribution is 0.0455. The van der Waals surface area contributed by atoms with Gasteiger partial charge in [-0.15, -0.1) is 0 Å². The molecule has 0 radical (unpaired) electrons. The van der Waals surface area contributed by atoms with Crippen molar-refractivity contribution >= 4 is 10.0 Å². The number of aromatic nitrogens is 2. The number of nitrogens with one attached hydrogen (secondary N) is 1. The van der Waals surface area contributed by atoms with Crippen molar-refractivity contribution in [3.63, 3.8) is 0 Å². The van der Waals surface area contributed by atoms with Gasteiger partial charge in [0.25, 0.3) is 10.0 Å². The average Bonchev–Trinajstić information content (AvgIpc) is 2.75. The van der Waals surface area contributed by atoms with Crippen LogP contribution in [0.2, 0.25) is 0 Å². The molecule has 0 bridgehead atoms. The van der Waals surface area contributed by atoms with E-state index >= 15 is 0 Å². The quantitative estimate of drug-likeness (QED) is 0.848. The molecule has 7 heteroatoms. The predicted molar refractivity (Wildman–Crippen MR) is 68.7 cm³/mol. The molecule has 0 aromatic carbocycles. The normalized spacial score (nSPS) is 19.2. The van der Waals surface area contributed by atoms with Crippen LogP contribution in [0.25, 0.3) is 0 Å². The molecular formula is C11H20N4O2S. The van der Waals surface area contributed by atoms with E-state index in [1.807, 2.05) is 14.1 Å². The Morgan fingerprint density at radius 2 is 2.06 bits per heavy atom. The molecule has 0 aliphatic heterocycles. The van der Waals surface area contributed by atoms with Crippen LogP contribution >= 0.6 is 0 Å². The van der Waals surface area contributed by atoms with E-state index in [0.29, 0.717) is 6.54 Å².